The van der Waals surface area contributed by atoms with Gasteiger partial charge >= 0.3 is 0 Å². The number of amides is 1. The third-order valence-corrected chi connectivity index (χ3v) is 3.80. The molecule has 0 saturated carbocycles. The second kappa shape index (κ2) is 6.70. The summed E-state index contributed by atoms with van der Waals surface area (Å²) in [5, 5.41) is 2.70. The van der Waals surface area contributed by atoms with Gasteiger partial charge in [0.2, 0.25) is 5.91 Å². The Morgan fingerprint density at radius 2 is 2.30 bits per heavy atom. The molecule has 20 heavy (non-hydrogen) atoms. The van der Waals surface area contributed by atoms with Gasteiger partial charge in [0.05, 0.1) is 0 Å². The molecule has 1 amide bonds. The van der Waals surface area contributed by atoms with E-state index < -0.39 is 0 Å². The van der Waals surface area contributed by atoms with Crippen LogP contribution in [0.3, 0.4) is 0 Å². The lowest BCUT2D eigenvalue weighted by molar-refractivity contribution is -0.121. The van der Waals surface area contributed by atoms with Gasteiger partial charge in [-0.25, -0.2) is 4.98 Å². The molecule has 1 aliphatic rings. The molecule has 1 aliphatic heterocycles. The first kappa shape index (κ1) is 14.8. The van der Waals surface area contributed by atoms with Gasteiger partial charge < -0.3 is 10.2 Å². The van der Waals surface area contributed by atoms with Crippen LogP contribution in [0.4, 0.5) is 5.82 Å². The molecule has 0 aromatic carbocycles. The van der Waals surface area contributed by atoms with Crippen LogP contribution in [0, 0.1) is 5.92 Å². The number of carbonyl (C=O) groups is 1. The lowest BCUT2D eigenvalue weighted by Crippen LogP contribution is -2.24. The molecule has 0 radical (unpaired) electrons. The molecule has 0 unspecified atom stereocenters. The Labute approximate surface area is 121 Å². The van der Waals surface area contributed by atoms with Crippen molar-refractivity contribution in [3.8, 4) is 0 Å². The molecule has 1 N–H and O–H groups in total. The molecular formula is C15H24N4O. The van der Waals surface area contributed by atoms with Crippen molar-refractivity contribution in [3.63, 3.8) is 0 Å². The van der Waals surface area contributed by atoms with Crippen molar-refractivity contribution in [1.29, 1.82) is 0 Å². The van der Waals surface area contributed by atoms with Crippen LogP contribution < -0.4 is 10.2 Å². The number of hydrogen-bond donors (Lipinski definition) is 1. The van der Waals surface area contributed by atoms with E-state index in [1.165, 1.54) is 5.56 Å². The van der Waals surface area contributed by atoms with Gasteiger partial charge in [0.1, 0.15) is 5.82 Å². The van der Waals surface area contributed by atoms with Gasteiger partial charge in [-0.1, -0.05) is 6.07 Å². The number of nitrogens with zero attached hydrogens (tertiary/aromatic N) is 3. The molecule has 5 nitrogen and oxygen atoms in total. The van der Waals surface area contributed by atoms with Gasteiger partial charge in [-0.3, -0.25) is 9.69 Å². The normalized spacial score (nSPS) is 19.1. The van der Waals surface area contributed by atoms with Gasteiger partial charge in [0, 0.05) is 46.9 Å². The van der Waals surface area contributed by atoms with E-state index in [0.717, 1.165) is 31.9 Å². The molecule has 2 heterocycles. The first-order valence-electron chi connectivity index (χ1n) is 7.13. The van der Waals surface area contributed by atoms with Crippen molar-refractivity contribution < 1.29 is 4.79 Å². The highest BCUT2D eigenvalue weighted by molar-refractivity contribution is 5.75. The van der Waals surface area contributed by atoms with Crippen LogP contribution in [0.25, 0.3) is 0 Å². The van der Waals surface area contributed by atoms with Crippen LogP contribution in [0.15, 0.2) is 18.3 Å². The Balaban J connectivity index is 1.84. The number of nitrogens with one attached hydrogen (secondary N) is 1. The number of pyridine rings is 1. The molecule has 110 valence electrons. The van der Waals surface area contributed by atoms with E-state index in [4.69, 9.17) is 0 Å². The molecule has 5 heteroatoms. The molecule has 0 aliphatic carbocycles. The topological polar surface area (TPSA) is 48.5 Å². The number of rotatable bonds is 5. The molecular weight excluding hydrogens is 252 g/mol. The van der Waals surface area contributed by atoms with E-state index >= 15 is 0 Å². The summed E-state index contributed by atoms with van der Waals surface area (Å²) in [5.41, 5.74) is 1.23. The monoisotopic (exact) mass is 276 g/mol. The Bertz CT molecular complexity index is 444. The van der Waals surface area contributed by atoms with Crippen molar-refractivity contribution in [2.24, 2.45) is 5.92 Å². The summed E-state index contributed by atoms with van der Waals surface area (Å²) in [5.74, 6) is 1.62. The van der Waals surface area contributed by atoms with E-state index in [-0.39, 0.29) is 5.91 Å². The minimum Gasteiger partial charge on any atom is -0.363 e. The van der Waals surface area contributed by atoms with Crippen LogP contribution in [0.1, 0.15) is 18.4 Å². The molecule has 1 fully saturated rings. The number of anilines is 1. The van der Waals surface area contributed by atoms with Gasteiger partial charge in [-0.05, 0) is 30.5 Å². The lowest BCUT2D eigenvalue weighted by Gasteiger charge is -2.17. The lowest BCUT2D eigenvalue weighted by atomic mass is 10.0. The summed E-state index contributed by atoms with van der Waals surface area (Å²) in [6.07, 6.45) is 3.70. The summed E-state index contributed by atoms with van der Waals surface area (Å²) in [6.45, 7) is 2.99. The fourth-order valence-corrected chi connectivity index (χ4v) is 2.62. The number of carbonyl (C=O) groups excluding carboxylic acids is 1. The average Bonchev–Trinajstić information content (AvgIpc) is 2.86. The maximum Gasteiger partial charge on any atom is 0.220 e. The molecule has 1 aromatic heterocycles. The first-order chi connectivity index (χ1) is 9.58. The number of likely N-dealkylation sites (tertiary alicyclic amines) is 1. The zero-order chi connectivity index (χ0) is 14.5. The summed E-state index contributed by atoms with van der Waals surface area (Å²) in [7, 11) is 5.69. The summed E-state index contributed by atoms with van der Waals surface area (Å²) >= 11 is 0. The number of aromatic nitrogens is 1. The Hall–Kier alpha value is -1.62. The molecule has 0 spiro atoms. The van der Waals surface area contributed by atoms with Crippen molar-refractivity contribution in [3.05, 3.63) is 23.9 Å². The van der Waals surface area contributed by atoms with Crippen molar-refractivity contribution in [2.45, 2.75) is 19.4 Å². The highest BCUT2D eigenvalue weighted by Gasteiger charge is 2.24. The predicted octanol–water partition coefficient (Wildman–Crippen LogP) is 1.11. The minimum atomic E-state index is 0.147. The van der Waals surface area contributed by atoms with E-state index in [1.54, 1.807) is 7.05 Å². The van der Waals surface area contributed by atoms with Crippen LogP contribution >= 0.6 is 0 Å². The van der Waals surface area contributed by atoms with Crippen LogP contribution in [0.2, 0.25) is 0 Å². The third kappa shape index (κ3) is 3.93. The van der Waals surface area contributed by atoms with Gasteiger partial charge in [0.25, 0.3) is 0 Å². The fourth-order valence-electron chi connectivity index (χ4n) is 2.62. The van der Waals surface area contributed by atoms with E-state index in [9.17, 15) is 4.79 Å². The summed E-state index contributed by atoms with van der Waals surface area (Å²) in [4.78, 5) is 20.2. The highest BCUT2D eigenvalue weighted by atomic mass is 16.1. The van der Waals surface area contributed by atoms with E-state index in [2.05, 4.69) is 21.3 Å². The van der Waals surface area contributed by atoms with Crippen molar-refractivity contribution in [2.75, 3.05) is 39.1 Å². The zero-order valence-corrected chi connectivity index (χ0v) is 12.6. The Morgan fingerprint density at radius 3 is 2.90 bits per heavy atom. The standard InChI is InChI=1S/C15H24N4O/c1-16-15(20)8-12-6-7-19(10-12)11-13-4-5-14(17-9-13)18(2)3/h4-5,9,12H,6-8,10-11H2,1-3H3,(H,16,20)/t12-/m0/s1. The van der Waals surface area contributed by atoms with Crippen LogP contribution in [0.5, 0.6) is 0 Å². The Kier molecular flexibility index (Phi) is 4.95. The predicted molar refractivity (Wildman–Crippen MR) is 80.6 cm³/mol. The smallest absolute Gasteiger partial charge is 0.220 e. The third-order valence-electron chi connectivity index (χ3n) is 3.80. The molecule has 1 saturated heterocycles. The van der Waals surface area contributed by atoms with E-state index in [0.29, 0.717) is 12.3 Å². The molecule has 1 aromatic rings. The van der Waals surface area contributed by atoms with Crippen molar-refractivity contribution in [1.82, 2.24) is 15.2 Å². The highest BCUT2D eigenvalue weighted by Crippen LogP contribution is 2.21. The van der Waals surface area contributed by atoms with Crippen LogP contribution in [-0.2, 0) is 11.3 Å². The fraction of sp³-hybridized carbons (Fsp3) is 0.600. The molecule has 0 bridgehead atoms. The molecule has 1 atom stereocenters. The Morgan fingerprint density at radius 1 is 1.50 bits per heavy atom. The van der Waals surface area contributed by atoms with Gasteiger partial charge in [-0.2, -0.15) is 0 Å². The second-order valence-electron chi connectivity index (χ2n) is 5.69. The maximum atomic E-state index is 11.4. The maximum absolute atomic E-state index is 11.4. The van der Waals surface area contributed by atoms with Gasteiger partial charge in [-0.15, -0.1) is 0 Å². The molecule has 2 rings (SSSR count). The van der Waals surface area contributed by atoms with Gasteiger partial charge in [0.15, 0.2) is 0 Å². The summed E-state index contributed by atoms with van der Waals surface area (Å²) < 4.78 is 0. The largest absolute Gasteiger partial charge is 0.363 e. The first-order valence-corrected chi connectivity index (χ1v) is 7.13. The SMILES string of the molecule is CNC(=O)C[C@@H]1CCN(Cc2ccc(N(C)C)nc2)C1. The average molecular weight is 276 g/mol. The zero-order valence-electron chi connectivity index (χ0n) is 12.6. The summed E-state index contributed by atoms with van der Waals surface area (Å²) in [6, 6.07) is 4.18. The van der Waals surface area contributed by atoms with E-state index in [1.807, 2.05) is 31.3 Å². The second-order valence-corrected chi connectivity index (χ2v) is 5.69. The minimum absolute atomic E-state index is 0.147. The number of hydrogen-bond acceptors (Lipinski definition) is 4. The van der Waals surface area contributed by atoms with Crippen LogP contribution in [-0.4, -0.2) is 50.0 Å². The van der Waals surface area contributed by atoms with Crippen molar-refractivity contribution >= 4 is 11.7 Å². The quantitative estimate of drug-likeness (QED) is 0.875.